The smallest absolute Gasteiger partial charge is 0.397 e. The van der Waals surface area contributed by atoms with E-state index in [9.17, 15) is 39.7 Å². The van der Waals surface area contributed by atoms with Gasteiger partial charge in [0.25, 0.3) is 10.1 Å². The number of fused-ring (bicyclic) bond motifs is 1. The number of carbonyl (C=O) groups excluding carboxylic acids is 1. The number of hydrogen-bond donors (Lipinski definition) is 4. The average Bonchev–Trinajstić information content (AvgIpc) is 2.76. The van der Waals surface area contributed by atoms with E-state index in [1.54, 1.807) is 0 Å². The highest BCUT2D eigenvalue weighted by atomic mass is 32.3. The lowest BCUT2D eigenvalue weighted by Crippen LogP contribution is -2.15. The fraction of sp³-hybridized carbons (Fsp3) is 0.150. The number of amides is 1. The van der Waals surface area contributed by atoms with Gasteiger partial charge in [-0.25, -0.2) is 12.6 Å². The number of sulfone groups is 1. The molecule has 0 fully saturated rings. The van der Waals surface area contributed by atoms with Crippen LogP contribution < -0.4 is 5.32 Å². The van der Waals surface area contributed by atoms with Gasteiger partial charge in [-0.3, -0.25) is 13.9 Å². The first-order valence-corrected chi connectivity index (χ1v) is 14.4. The van der Waals surface area contributed by atoms with Gasteiger partial charge in [0.05, 0.1) is 22.9 Å². The maximum absolute atomic E-state index is 12.4. The van der Waals surface area contributed by atoms with Gasteiger partial charge < -0.3 is 10.4 Å². The standard InChI is InChI=1S/C20H19N3O11S3/c1-12(24)21-13-5-6-16-17(10-13)19(25)11-18(20(16)36(28,29)30)23-22-14-3-2-4-15(9-14)35(26,27)8-7-34-37(31,32)33/h2-6,9-11,25H,7-8H2,1H3,(H,21,24)(H,28,29,30)(H,31,32,33). The average molecular weight is 574 g/mol. The number of azo groups is 1. The van der Waals surface area contributed by atoms with Crippen molar-refractivity contribution in [2.24, 2.45) is 10.2 Å². The van der Waals surface area contributed by atoms with Gasteiger partial charge >= 0.3 is 10.4 Å². The molecule has 0 heterocycles. The fourth-order valence-electron chi connectivity index (χ4n) is 3.21. The van der Waals surface area contributed by atoms with Crippen LogP contribution in [-0.4, -0.2) is 57.7 Å². The van der Waals surface area contributed by atoms with Crippen LogP contribution in [0.2, 0.25) is 0 Å². The van der Waals surface area contributed by atoms with E-state index in [1.807, 2.05) is 0 Å². The Morgan fingerprint density at radius 3 is 2.27 bits per heavy atom. The monoisotopic (exact) mass is 573 g/mol. The van der Waals surface area contributed by atoms with E-state index in [1.165, 1.54) is 43.3 Å². The second-order valence-corrected chi connectivity index (χ2v) is 12.0. The third-order valence-electron chi connectivity index (χ3n) is 4.66. The fourth-order valence-corrected chi connectivity index (χ4v) is 5.55. The number of hydrogen-bond acceptors (Lipinski definition) is 11. The Balaban J connectivity index is 2.02. The van der Waals surface area contributed by atoms with Gasteiger partial charge in [0.15, 0.2) is 9.84 Å². The van der Waals surface area contributed by atoms with E-state index in [-0.39, 0.29) is 27.0 Å². The summed E-state index contributed by atoms with van der Waals surface area (Å²) < 4.78 is 92.8. The molecule has 4 N–H and O–H groups in total. The molecular formula is C20H19N3O11S3. The van der Waals surface area contributed by atoms with Crippen molar-refractivity contribution in [3.63, 3.8) is 0 Å². The highest BCUT2D eigenvalue weighted by Crippen LogP contribution is 2.40. The number of anilines is 1. The Labute approximate surface area is 211 Å². The quantitative estimate of drug-likeness (QED) is 0.215. The summed E-state index contributed by atoms with van der Waals surface area (Å²) in [5.41, 5.74) is -0.279. The van der Waals surface area contributed by atoms with E-state index >= 15 is 0 Å². The third-order valence-corrected chi connectivity index (χ3v) is 7.74. The van der Waals surface area contributed by atoms with Gasteiger partial charge in [-0.1, -0.05) is 12.1 Å². The molecule has 0 atom stereocenters. The first-order chi connectivity index (χ1) is 17.1. The predicted molar refractivity (Wildman–Crippen MR) is 130 cm³/mol. The lowest BCUT2D eigenvalue weighted by Gasteiger charge is -2.11. The summed E-state index contributed by atoms with van der Waals surface area (Å²) in [4.78, 5) is 10.3. The summed E-state index contributed by atoms with van der Waals surface area (Å²) >= 11 is 0. The molecule has 3 aromatic rings. The molecule has 1 amide bonds. The minimum Gasteiger partial charge on any atom is -0.507 e. The second-order valence-electron chi connectivity index (χ2n) is 7.43. The Kier molecular flexibility index (Phi) is 7.96. The van der Waals surface area contributed by atoms with Crippen molar-refractivity contribution in [1.29, 1.82) is 0 Å². The number of phenolic OH excluding ortho intramolecular Hbond substituents is 1. The van der Waals surface area contributed by atoms with E-state index in [4.69, 9.17) is 4.55 Å². The van der Waals surface area contributed by atoms with E-state index in [0.29, 0.717) is 0 Å². The highest BCUT2D eigenvalue weighted by Gasteiger charge is 2.23. The molecular weight excluding hydrogens is 554 g/mol. The summed E-state index contributed by atoms with van der Waals surface area (Å²) in [5.74, 6) is -1.65. The van der Waals surface area contributed by atoms with Gasteiger partial charge in [0.1, 0.15) is 16.3 Å². The zero-order valence-corrected chi connectivity index (χ0v) is 21.2. The summed E-state index contributed by atoms with van der Waals surface area (Å²) in [6.07, 6.45) is 0. The van der Waals surface area contributed by atoms with Crippen LogP contribution in [0.4, 0.5) is 17.1 Å². The van der Waals surface area contributed by atoms with E-state index < -0.39 is 65.0 Å². The number of aromatic hydroxyl groups is 1. The zero-order valence-electron chi connectivity index (χ0n) is 18.8. The molecule has 0 saturated heterocycles. The predicted octanol–water partition coefficient (Wildman–Crippen LogP) is 2.76. The van der Waals surface area contributed by atoms with Crippen LogP contribution in [0.1, 0.15) is 6.92 Å². The molecule has 0 aromatic heterocycles. The molecule has 198 valence electrons. The Hall–Kier alpha value is -3.48. The molecule has 37 heavy (non-hydrogen) atoms. The number of rotatable bonds is 9. The van der Waals surface area contributed by atoms with Gasteiger partial charge in [-0.2, -0.15) is 21.9 Å². The van der Waals surface area contributed by atoms with Gasteiger partial charge in [0, 0.05) is 29.4 Å². The SMILES string of the molecule is CC(=O)Nc1ccc2c(S(=O)(=O)O)c(N=Nc3cccc(S(=O)(=O)CCOS(=O)(=O)O)c3)cc(O)c2c1. The molecule has 0 radical (unpaired) electrons. The van der Waals surface area contributed by atoms with Crippen molar-refractivity contribution < 1.29 is 48.4 Å². The maximum Gasteiger partial charge on any atom is 0.397 e. The maximum atomic E-state index is 12.4. The minimum atomic E-state index is -4.90. The topological polar surface area (TPSA) is 226 Å². The first kappa shape index (κ1) is 28.1. The molecule has 0 aliphatic carbocycles. The Morgan fingerprint density at radius 2 is 1.65 bits per heavy atom. The van der Waals surface area contributed by atoms with Crippen molar-refractivity contribution >= 4 is 64.1 Å². The van der Waals surface area contributed by atoms with Gasteiger partial charge in [-0.15, -0.1) is 5.11 Å². The Bertz CT molecular complexity index is 1730. The number of benzene rings is 3. The zero-order chi connectivity index (χ0) is 27.6. The largest absolute Gasteiger partial charge is 0.507 e. The van der Waals surface area contributed by atoms with Crippen molar-refractivity contribution in [1.82, 2.24) is 0 Å². The van der Waals surface area contributed by atoms with Gasteiger partial charge in [0.2, 0.25) is 5.91 Å². The molecule has 17 heteroatoms. The van der Waals surface area contributed by atoms with Gasteiger partial charge in [-0.05, 0) is 30.3 Å². The van der Waals surface area contributed by atoms with Crippen LogP contribution in [0.5, 0.6) is 5.75 Å². The van der Waals surface area contributed by atoms with Crippen molar-refractivity contribution in [2.45, 2.75) is 16.7 Å². The molecule has 0 aliphatic heterocycles. The first-order valence-electron chi connectivity index (χ1n) is 9.98. The molecule has 0 aliphatic rings. The molecule has 3 rings (SSSR count). The third kappa shape index (κ3) is 7.28. The van der Waals surface area contributed by atoms with E-state index in [2.05, 4.69) is 19.7 Å². The molecule has 3 aromatic carbocycles. The van der Waals surface area contributed by atoms with Crippen LogP contribution in [0, 0.1) is 0 Å². The van der Waals surface area contributed by atoms with Crippen LogP contribution in [0.25, 0.3) is 10.8 Å². The minimum absolute atomic E-state index is 0.0157. The second kappa shape index (κ2) is 10.5. The number of phenols is 1. The van der Waals surface area contributed by atoms with Crippen LogP contribution in [0.15, 0.2) is 68.6 Å². The lowest BCUT2D eigenvalue weighted by atomic mass is 10.1. The highest BCUT2D eigenvalue weighted by molar-refractivity contribution is 7.91. The molecule has 0 bridgehead atoms. The van der Waals surface area contributed by atoms with Crippen LogP contribution in [-0.2, 0) is 39.3 Å². The van der Waals surface area contributed by atoms with E-state index in [0.717, 1.165) is 12.1 Å². The number of carbonyl (C=O) groups is 1. The van der Waals surface area contributed by atoms with Crippen molar-refractivity contribution in [3.8, 4) is 5.75 Å². The van der Waals surface area contributed by atoms with Crippen molar-refractivity contribution in [2.75, 3.05) is 17.7 Å². The summed E-state index contributed by atoms with van der Waals surface area (Å²) in [7, 11) is -13.8. The molecule has 0 spiro atoms. The molecule has 0 unspecified atom stereocenters. The lowest BCUT2D eigenvalue weighted by molar-refractivity contribution is -0.114. The number of nitrogens with one attached hydrogen (secondary N) is 1. The molecule has 14 nitrogen and oxygen atoms in total. The normalized spacial score (nSPS) is 12.7. The van der Waals surface area contributed by atoms with Crippen LogP contribution >= 0.6 is 0 Å². The summed E-state index contributed by atoms with van der Waals surface area (Å²) in [6, 6.07) is 9.64. The van der Waals surface area contributed by atoms with Crippen molar-refractivity contribution in [3.05, 3.63) is 48.5 Å². The summed E-state index contributed by atoms with van der Waals surface area (Å²) in [6.45, 7) is 0.412. The van der Waals surface area contributed by atoms with Crippen LogP contribution in [0.3, 0.4) is 0 Å². The molecule has 0 saturated carbocycles. The Morgan fingerprint density at radius 1 is 0.946 bits per heavy atom. The number of nitrogens with zero attached hydrogens (tertiary/aromatic N) is 2. The summed E-state index contributed by atoms with van der Waals surface area (Å²) in [5, 5.41) is 20.3.